The monoisotopic (exact) mass is 251 g/mol. The van der Waals surface area contributed by atoms with Crippen LogP contribution in [0.1, 0.15) is 23.2 Å². The van der Waals surface area contributed by atoms with Gasteiger partial charge in [0, 0.05) is 18.9 Å². The van der Waals surface area contributed by atoms with E-state index in [-0.39, 0.29) is 17.2 Å². The molecule has 0 bridgehead atoms. The van der Waals surface area contributed by atoms with Gasteiger partial charge in [0.05, 0.1) is 18.4 Å². The fourth-order valence-electron chi connectivity index (χ4n) is 1.94. The standard InChI is InChI=1S/C12H10FNO4/c1-17-10(15)6-4-8-9(5-7(6)13)18-12(2-3-12)11(16)14-8/h4-5H,2-3H2,1H3,(H,14,16). The van der Waals surface area contributed by atoms with Gasteiger partial charge >= 0.3 is 5.97 Å². The number of hydrogen-bond donors (Lipinski definition) is 1. The van der Waals surface area contributed by atoms with Gasteiger partial charge < -0.3 is 14.8 Å². The number of carbonyl (C=O) groups excluding carboxylic acids is 2. The third-order valence-corrected chi connectivity index (χ3v) is 3.15. The lowest BCUT2D eigenvalue weighted by molar-refractivity contribution is -0.125. The van der Waals surface area contributed by atoms with Gasteiger partial charge in [0.1, 0.15) is 11.6 Å². The summed E-state index contributed by atoms with van der Waals surface area (Å²) in [5, 5.41) is 2.62. The van der Waals surface area contributed by atoms with E-state index < -0.39 is 17.4 Å². The predicted molar refractivity (Wildman–Crippen MR) is 59.0 cm³/mol. The molecule has 0 unspecified atom stereocenters. The summed E-state index contributed by atoms with van der Waals surface area (Å²) in [5.41, 5.74) is -0.766. The van der Waals surface area contributed by atoms with E-state index in [0.29, 0.717) is 18.5 Å². The van der Waals surface area contributed by atoms with E-state index in [1.54, 1.807) is 0 Å². The van der Waals surface area contributed by atoms with Gasteiger partial charge in [-0.25, -0.2) is 9.18 Å². The molecule has 0 atom stereocenters. The second-order valence-corrected chi connectivity index (χ2v) is 4.37. The van der Waals surface area contributed by atoms with Crippen molar-refractivity contribution in [1.82, 2.24) is 0 Å². The Morgan fingerprint density at radius 3 is 2.83 bits per heavy atom. The van der Waals surface area contributed by atoms with E-state index in [2.05, 4.69) is 10.1 Å². The lowest BCUT2D eigenvalue weighted by atomic mass is 10.1. The molecule has 1 saturated carbocycles. The molecular formula is C12H10FNO4. The molecule has 0 saturated heterocycles. The molecule has 94 valence electrons. The lowest BCUT2D eigenvalue weighted by Gasteiger charge is -2.26. The molecule has 1 fully saturated rings. The van der Waals surface area contributed by atoms with Gasteiger partial charge in [0.2, 0.25) is 0 Å². The first kappa shape index (κ1) is 11.0. The fourth-order valence-corrected chi connectivity index (χ4v) is 1.94. The Labute approximate surface area is 102 Å². The summed E-state index contributed by atoms with van der Waals surface area (Å²) < 4.78 is 23.6. The van der Waals surface area contributed by atoms with Gasteiger partial charge in [-0.05, 0) is 6.07 Å². The summed E-state index contributed by atoms with van der Waals surface area (Å²) in [5.74, 6) is -1.53. The zero-order valence-corrected chi connectivity index (χ0v) is 9.58. The quantitative estimate of drug-likeness (QED) is 0.768. The minimum Gasteiger partial charge on any atom is -0.475 e. The Morgan fingerprint density at radius 2 is 2.22 bits per heavy atom. The largest absolute Gasteiger partial charge is 0.475 e. The first-order valence-corrected chi connectivity index (χ1v) is 5.48. The highest BCUT2D eigenvalue weighted by Gasteiger charge is 2.55. The van der Waals surface area contributed by atoms with Gasteiger partial charge in [-0.3, -0.25) is 4.79 Å². The number of nitrogens with one attached hydrogen (secondary N) is 1. The van der Waals surface area contributed by atoms with E-state index in [0.717, 1.165) is 13.2 Å². The van der Waals surface area contributed by atoms with E-state index in [9.17, 15) is 14.0 Å². The smallest absolute Gasteiger partial charge is 0.340 e. The fraction of sp³-hybridized carbons (Fsp3) is 0.333. The predicted octanol–water partition coefficient (Wildman–Crippen LogP) is 1.48. The average Bonchev–Trinajstić information content (AvgIpc) is 3.11. The number of carbonyl (C=O) groups is 2. The maximum absolute atomic E-state index is 13.7. The highest BCUT2D eigenvalue weighted by atomic mass is 19.1. The van der Waals surface area contributed by atoms with Crippen LogP contribution in [0.25, 0.3) is 0 Å². The molecule has 18 heavy (non-hydrogen) atoms. The molecule has 2 aliphatic rings. The van der Waals surface area contributed by atoms with Crippen molar-refractivity contribution >= 4 is 17.6 Å². The van der Waals surface area contributed by atoms with Crippen molar-refractivity contribution < 1.29 is 23.5 Å². The van der Waals surface area contributed by atoms with Crippen LogP contribution >= 0.6 is 0 Å². The van der Waals surface area contributed by atoms with E-state index >= 15 is 0 Å². The second kappa shape index (κ2) is 3.44. The molecule has 1 heterocycles. The molecule has 3 rings (SSSR count). The number of hydrogen-bond acceptors (Lipinski definition) is 4. The zero-order valence-electron chi connectivity index (χ0n) is 9.58. The van der Waals surface area contributed by atoms with Gasteiger partial charge in [-0.15, -0.1) is 0 Å². The van der Waals surface area contributed by atoms with Gasteiger partial charge in [0.25, 0.3) is 5.91 Å². The maximum atomic E-state index is 13.7. The van der Waals surface area contributed by atoms with Crippen molar-refractivity contribution in [1.29, 1.82) is 0 Å². The summed E-state index contributed by atoms with van der Waals surface area (Å²) in [4.78, 5) is 23.1. The minimum absolute atomic E-state index is 0.230. The van der Waals surface area contributed by atoms with Gasteiger partial charge in [0.15, 0.2) is 5.60 Å². The zero-order chi connectivity index (χ0) is 12.9. The summed E-state index contributed by atoms with van der Waals surface area (Å²) >= 11 is 0. The summed E-state index contributed by atoms with van der Waals surface area (Å²) in [6, 6.07) is 2.32. The van der Waals surface area contributed by atoms with Gasteiger partial charge in [-0.2, -0.15) is 0 Å². The molecule has 1 aromatic rings. The maximum Gasteiger partial charge on any atom is 0.340 e. The first-order valence-electron chi connectivity index (χ1n) is 5.48. The number of esters is 1. The number of methoxy groups -OCH3 is 1. The van der Waals surface area contributed by atoms with Crippen molar-refractivity contribution in [2.75, 3.05) is 12.4 Å². The lowest BCUT2D eigenvalue weighted by Crippen LogP contribution is -2.39. The van der Waals surface area contributed by atoms with Crippen LogP contribution in [0, 0.1) is 5.82 Å². The molecule has 1 aliphatic heterocycles. The minimum atomic E-state index is -0.827. The summed E-state index contributed by atoms with van der Waals surface area (Å²) in [6.45, 7) is 0. The number of amides is 1. The van der Waals surface area contributed by atoms with Crippen molar-refractivity contribution in [3.63, 3.8) is 0 Å². The normalized spacial score (nSPS) is 18.7. The number of rotatable bonds is 1. The molecule has 1 N–H and O–H groups in total. The molecule has 5 nitrogen and oxygen atoms in total. The SMILES string of the molecule is COC(=O)c1cc2c(cc1F)OC1(CC1)C(=O)N2. The Hall–Kier alpha value is -2.11. The number of anilines is 1. The third kappa shape index (κ3) is 1.45. The number of fused-ring (bicyclic) bond motifs is 1. The van der Waals surface area contributed by atoms with Crippen LogP contribution < -0.4 is 10.1 Å². The Kier molecular flexibility index (Phi) is 2.10. The van der Waals surface area contributed by atoms with E-state index in [1.807, 2.05) is 0 Å². The Bertz CT molecular complexity index is 565. The van der Waals surface area contributed by atoms with Gasteiger partial charge in [-0.1, -0.05) is 0 Å². The molecule has 0 radical (unpaired) electrons. The third-order valence-electron chi connectivity index (χ3n) is 3.15. The topological polar surface area (TPSA) is 64.6 Å². The molecule has 0 aromatic heterocycles. The molecule has 1 aliphatic carbocycles. The number of halogens is 1. The molecule has 1 aromatic carbocycles. The van der Waals surface area contributed by atoms with Crippen LogP contribution in [0.3, 0.4) is 0 Å². The Balaban J connectivity index is 2.04. The molecular weight excluding hydrogens is 241 g/mol. The number of benzene rings is 1. The average molecular weight is 251 g/mol. The van der Waals surface area contributed by atoms with Crippen molar-refractivity contribution in [2.24, 2.45) is 0 Å². The second-order valence-electron chi connectivity index (χ2n) is 4.37. The first-order chi connectivity index (χ1) is 8.55. The van der Waals surface area contributed by atoms with Crippen LogP contribution in [0.2, 0.25) is 0 Å². The van der Waals surface area contributed by atoms with Crippen molar-refractivity contribution in [2.45, 2.75) is 18.4 Å². The highest BCUT2D eigenvalue weighted by Crippen LogP contribution is 2.47. The van der Waals surface area contributed by atoms with Crippen LogP contribution in [0.5, 0.6) is 5.75 Å². The van der Waals surface area contributed by atoms with Crippen molar-refractivity contribution in [3.8, 4) is 5.75 Å². The Morgan fingerprint density at radius 1 is 1.50 bits per heavy atom. The van der Waals surface area contributed by atoms with Crippen molar-refractivity contribution in [3.05, 3.63) is 23.5 Å². The van der Waals surface area contributed by atoms with E-state index in [1.165, 1.54) is 6.07 Å². The van der Waals surface area contributed by atoms with Crippen LogP contribution in [0.4, 0.5) is 10.1 Å². The molecule has 1 spiro atoms. The summed E-state index contributed by atoms with van der Waals surface area (Å²) in [7, 11) is 1.16. The van der Waals surface area contributed by atoms with Crippen LogP contribution in [-0.4, -0.2) is 24.6 Å². The van der Waals surface area contributed by atoms with E-state index in [4.69, 9.17) is 4.74 Å². The highest BCUT2D eigenvalue weighted by molar-refractivity contribution is 6.04. The van der Waals surface area contributed by atoms with Crippen LogP contribution in [-0.2, 0) is 9.53 Å². The summed E-state index contributed by atoms with van der Waals surface area (Å²) in [6.07, 6.45) is 1.25. The number of ether oxygens (including phenoxy) is 2. The molecule has 1 amide bonds. The van der Waals surface area contributed by atoms with Crippen LogP contribution in [0.15, 0.2) is 12.1 Å². The molecule has 6 heteroatoms.